The van der Waals surface area contributed by atoms with E-state index in [1.54, 1.807) is 0 Å². The third kappa shape index (κ3) is 4.06. The zero-order valence-corrected chi connectivity index (χ0v) is 16.0. The number of aromatic hydroxyl groups is 1. The molecule has 0 aliphatic heterocycles. The lowest BCUT2D eigenvalue weighted by Crippen LogP contribution is -1.96. The molecule has 0 unspecified atom stereocenters. The summed E-state index contributed by atoms with van der Waals surface area (Å²) in [5, 5.41) is 30.5. The fraction of sp³-hybridized carbons (Fsp3) is 0.0952. The Hall–Kier alpha value is -3.54. The molecule has 7 heteroatoms. The molecule has 0 aliphatic carbocycles. The molecule has 3 rings (SSSR count). The number of hydrogen-bond donors (Lipinski definition) is 2. The van der Waals surface area contributed by atoms with Gasteiger partial charge in [0.1, 0.15) is 16.3 Å². The topological polar surface area (TPSA) is 105 Å². The summed E-state index contributed by atoms with van der Waals surface area (Å²) in [6, 6.07) is 10.0. The predicted molar refractivity (Wildman–Crippen MR) is 112 cm³/mol. The molecular formula is C21H16N3O3S-. The van der Waals surface area contributed by atoms with Crippen LogP contribution in [0, 0.1) is 13.8 Å². The number of hydrogen-bond acceptors (Lipinski definition) is 5. The number of carboxylic acid groups (broad SMARTS) is 1. The molecule has 2 N–H and O–H groups in total. The summed E-state index contributed by atoms with van der Waals surface area (Å²) in [7, 11) is 0. The third-order valence-corrected chi connectivity index (χ3v) is 5.09. The van der Waals surface area contributed by atoms with Crippen LogP contribution in [-0.2, 0) is 0 Å². The van der Waals surface area contributed by atoms with Crippen molar-refractivity contribution in [3.63, 3.8) is 0 Å². The number of rotatable bonds is 5. The fourth-order valence-corrected chi connectivity index (χ4v) is 3.27. The quantitative estimate of drug-likeness (QED) is 0.607. The molecule has 0 saturated carbocycles. The van der Waals surface area contributed by atoms with Gasteiger partial charge in [-0.3, -0.25) is 10.9 Å². The van der Waals surface area contributed by atoms with Gasteiger partial charge in [-0.15, -0.1) is 11.3 Å². The number of aryl methyl sites for hydroxylation is 2. The van der Waals surface area contributed by atoms with E-state index in [0.717, 1.165) is 11.3 Å². The maximum absolute atomic E-state index is 11.1. The zero-order chi connectivity index (χ0) is 20.3. The number of carbonyl (C=O) groups is 1. The summed E-state index contributed by atoms with van der Waals surface area (Å²) in [5.41, 5.74) is 4.45. The SMILES string of the molecule is Cc1ccc(-c2csc(C(=C=[N-])C=Nc3ccc(O)c(C(=O)O)c3)n2)cc1C. The molecule has 0 amide bonds. The van der Waals surface area contributed by atoms with Crippen molar-refractivity contribution in [1.29, 1.82) is 0 Å². The number of phenols is 1. The van der Waals surface area contributed by atoms with Crippen LogP contribution in [-0.4, -0.2) is 33.3 Å². The molecule has 140 valence electrons. The van der Waals surface area contributed by atoms with Crippen molar-refractivity contribution in [3.05, 3.63) is 68.9 Å². The summed E-state index contributed by atoms with van der Waals surface area (Å²) in [4.78, 5) is 19.8. The Morgan fingerprint density at radius 3 is 2.68 bits per heavy atom. The van der Waals surface area contributed by atoms with Gasteiger partial charge in [-0.05, 0) is 49.2 Å². The van der Waals surface area contributed by atoms with Crippen molar-refractivity contribution in [2.75, 3.05) is 0 Å². The predicted octanol–water partition coefficient (Wildman–Crippen LogP) is 4.86. The van der Waals surface area contributed by atoms with Crippen molar-refractivity contribution < 1.29 is 15.0 Å². The highest BCUT2D eigenvalue weighted by Crippen LogP contribution is 2.27. The molecule has 28 heavy (non-hydrogen) atoms. The summed E-state index contributed by atoms with van der Waals surface area (Å²) >= 11 is 1.34. The van der Waals surface area contributed by atoms with E-state index in [1.807, 2.05) is 31.4 Å². The van der Waals surface area contributed by atoms with Gasteiger partial charge in [0.2, 0.25) is 0 Å². The molecule has 6 nitrogen and oxygen atoms in total. The van der Waals surface area contributed by atoms with Crippen molar-refractivity contribution in [1.82, 2.24) is 4.98 Å². The van der Waals surface area contributed by atoms with Gasteiger partial charge >= 0.3 is 5.97 Å². The van der Waals surface area contributed by atoms with Crippen LogP contribution in [0.5, 0.6) is 5.75 Å². The Balaban J connectivity index is 1.87. The fourth-order valence-electron chi connectivity index (χ4n) is 2.48. The van der Waals surface area contributed by atoms with Crippen LogP contribution in [0.2, 0.25) is 0 Å². The Bertz CT molecular complexity index is 1140. The van der Waals surface area contributed by atoms with Crippen molar-refractivity contribution in [2.45, 2.75) is 13.8 Å². The number of nitrogens with zero attached hydrogens (tertiary/aromatic N) is 3. The van der Waals surface area contributed by atoms with E-state index in [2.05, 4.69) is 21.9 Å². The lowest BCUT2D eigenvalue weighted by atomic mass is 10.1. The summed E-state index contributed by atoms with van der Waals surface area (Å²) in [6.07, 6.45) is 1.35. The minimum atomic E-state index is -1.25. The molecule has 0 saturated heterocycles. The highest BCUT2D eigenvalue weighted by Gasteiger charge is 2.10. The minimum absolute atomic E-state index is 0.251. The van der Waals surface area contributed by atoms with Crippen LogP contribution < -0.4 is 0 Å². The van der Waals surface area contributed by atoms with Gasteiger partial charge in [0.15, 0.2) is 0 Å². The summed E-state index contributed by atoms with van der Waals surface area (Å²) in [5.74, 6) is 0.480. The number of aromatic carboxylic acids is 1. The second-order valence-corrected chi connectivity index (χ2v) is 6.99. The van der Waals surface area contributed by atoms with Gasteiger partial charge in [0.25, 0.3) is 0 Å². The number of allylic oxidation sites excluding steroid dienone is 1. The number of benzene rings is 2. The average Bonchev–Trinajstić information content (AvgIpc) is 3.15. The molecule has 0 aliphatic rings. The Morgan fingerprint density at radius 2 is 2.00 bits per heavy atom. The molecule has 0 spiro atoms. The molecule has 0 radical (unpaired) electrons. The minimum Gasteiger partial charge on any atom is -0.763 e. The van der Waals surface area contributed by atoms with Crippen molar-refractivity contribution in [3.8, 4) is 17.0 Å². The van der Waals surface area contributed by atoms with Crippen LogP contribution in [0.3, 0.4) is 0 Å². The molecule has 1 heterocycles. The third-order valence-electron chi connectivity index (χ3n) is 4.21. The number of thiazole rings is 1. The lowest BCUT2D eigenvalue weighted by Gasteiger charge is -2.02. The molecule has 2 aromatic carbocycles. The van der Waals surface area contributed by atoms with Gasteiger partial charge in [0, 0.05) is 22.7 Å². The van der Waals surface area contributed by atoms with Gasteiger partial charge in [0.05, 0.1) is 11.4 Å². The summed E-state index contributed by atoms with van der Waals surface area (Å²) < 4.78 is 0. The smallest absolute Gasteiger partial charge is 0.339 e. The Kier molecular flexibility index (Phi) is 5.49. The van der Waals surface area contributed by atoms with E-state index in [1.165, 1.54) is 46.9 Å². The summed E-state index contributed by atoms with van der Waals surface area (Å²) in [6.45, 7) is 4.08. The van der Waals surface area contributed by atoms with Crippen LogP contribution >= 0.6 is 11.3 Å². The maximum Gasteiger partial charge on any atom is 0.339 e. The van der Waals surface area contributed by atoms with Crippen LogP contribution in [0.25, 0.3) is 22.2 Å². The highest BCUT2D eigenvalue weighted by atomic mass is 32.1. The van der Waals surface area contributed by atoms with Gasteiger partial charge in [-0.1, -0.05) is 12.1 Å². The first-order valence-corrected chi connectivity index (χ1v) is 9.18. The molecule has 3 aromatic rings. The maximum atomic E-state index is 11.1. The number of carboxylic acids is 1. The average molecular weight is 390 g/mol. The van der Waals surface area contributed by atoms with Crippen LogP contribution in [0.1, 0.15) is 26.5 Å². The van der Waals surface area contributed by atoms with E-state index in [-0.39, 0.29) is 16.9 Å². The second-order valence-electron chi connectivity index (χ2n) is 6.13. The lowest BCUT2D eigenvalue weighted by molar-refractivity contribution is 0.0694. The molecule has 0 bridgehead atoms. The molecule has 0 fully saturated rings. The second kappa shape index (κ2) is 8.00. The molecule has 0 atom stereocenters. The monoisotopic (exact) mass is 390 g/mol. The normalized spacial score (nSPS) is 10.8. The zero-order valence-electron chi connectivity index (χ0n) is 15.2. The first-order valence-electron chi connectivity index (χ1n) is 8.30. The van der Waals surface area contributed by atoms with E-state index in [9.17, 15) is 15.3 Å². The standard InChI is InChI=1S/C21H16N3O3S/c1-12-3-4-14(7-13(12)2)18-11-28-20(24-18)15(9-22)10-23-16-5-6-19(25)17(8-16)21(26)27/h3-8,10-11,25H,1-2H3,(H,26,27)/q-1. The largest absolute Gasteiger partial charge is 0.763 e. The Labute approximate surface area is 165 Å². The molecular weight excluding hydrogens is 374 g/mol. The highest BCUT2D eigenvalue weighted by molar-refractivity contribution is 7.11. The molecule has 1 aromatic heterocycles. The first-order chi connectivity index (χ1) is 13.4. The van der Waals surface area contributed by atoms with E-state index < -0.39 is 5.97 Å². The van der Waals surface area contributed by atoms with Crippen LogP contribution in [0.15, 0.2) is 46.8 Å². The Morgan fingerprint density at radius 1 is 1.21 bits per heavy atom. The van der Waals surface area contributed by atoms with E-state index in [4.69, 9.17) is 5.11 Å². The van der Waals surface area contributed by atoms with Gasteiger partial charge in [-0.2, -0.15) is 0 Å². The van der Waals surface area contributed by atoms with Crippen molar-refractivity contribution in [2.24, 2.45) is 4.99 Å². The van der Waals surface area contributed by atoms with Crippen molar-refractivity contribution >= 4 is 40.7 Å². The van der Waals surface area contributed by atoms with Gasteiger partial charge in [-0.25, -0.2) is 9.78 Å². The number of aromatic nitrogens is 1. The number of aliphatic imine (C=N–C) groups is 1. The van der Waals surface area contributed by atoms with Gasteiger partial charge < -0.3 is 15.6 Å². The first kappa shape index (κ1) is 19.2. The van der Waals surface area contributed by atoms with E-state index >= 15 is 0 Å². The van der Waals surface area contributed by atoms with Crippen LogP contribution in [0.4, 0.5) is 5.69 Å². The van der Waals surface area contributed by atoms with E-state index in [0.29, 0.717) is 10.7 Å².